The summed E-state index contributed by atoms with van der Waals surface area (Å²) < 4.78 is 0. The fraction of sp³-hybridized carbons (Fsp3) is 0. The quantitative estimate of drug-likeness (QED) is 0.246. The molecule has 0 saturated carbocycles. The molecule has 0 bridgehead atoms. The van der Waals surface area contributed by atoms with Gasteiger partial charge in [0.1, 0.15) is 0 Å². The van der Waals surface area contributed by atoms with Crippen molar-refractivity contribution in [1.82, 2.24) is 12.3 Å². The van der Waals surface area contributed by atoms with Crippen LogP contribution in [0.5, 0.6) is 0 Å². The summed E-state index contributed by atoms with van der Waals surface area (Å²) in [5.41, 5.74) is 0. The summed E-state index contributed by atoms with van der Waals surface area (Å²) in [5, 5.41) is 29.2. The second kappa shape index (κ2) is 22.5. The minimum Gasteiger partial charge on any atom is -0.565 e. The molecule has 0 unspecified atom stereocenters. The number of hydrogen-bond donors (Lipinski definition) is 5. The second-order valence-electron chi connectivity index (χ2n) is 0.548. The Labute approximate surface area is 105 Å². The average Bonchev–Trinajstić information content (AvgIpc) is 1.25. The first kappa shape index (κ1) is 30.4. The van der Waals surface area contributed by atoms with E-state index in [4.69, 9.17) is 30.0 Å². The van der Waals surface area contributed by atoms with Gasteiger partial charge in [-0.3, -0.25) is 0 Å². The van der Waals surface area contributed by atoms with Crippen LogP contribution in [0.25, 0.3) is 0 Å². The molecule has 0 fully saturated rings. The van der Waals surface area contributed by atoms with Gasteiger partial charge in [0.2, 0.25) is 6.16 Å². The molecule has 9 heteroatoms. The van der Waals surface area contributed by atoms with Gasteiger partial charge in [0, 0.05) is 0 Å². The van der Waals surface area contributed by atoms with Gasteiger partial charge in [0.15, 0.2) is 0 Å². The van der Waals surface area contributed by atoms with Gasteiger partial charge in [0.05, 0.1) is 0 Å². The molecule has 8 nitrogen and oxygen atoms in total. The molecular formula is C2H9KN2O6. The third kappa shape index (κ3) is 71300. The van der Waals surface area contributed by atoms with Gasteiger partial charge < -0.3 is 37.5 Å². The van der Waals surface area contributed by atoms with E-state index in [9.17, 15) is 0 Å². The molecule has 0 aliphatic heterocycles. The number of carbonyl (C=O) groups is 2. The van der Waals surface area contributed by atoms with Crippen molar-refractivity contribution in [3.8, 4) is 0 Å². The summed E-state index contributed by atoms with van der Waals surface area (Å²) in [5.74, 6) is 0. The van der Waals surface area contributed by atoms with E-state index < -0.39 is 12.3 Å². The molecule has 9 N–H and O–H groups in total. The van der Waals surface area contributed by atoms with Crippen LogP contribution in [0.4, 0.5) is 9.59 Å². The Balaban J connectivity index is -0.0000000171. The zero-order valence-electron chi connectivity index (χ0n) is 5.98. The predicted octanol–water partition coefficient (Wildman–Crippen LogP) is -3.56. The van der Waals surface area contributed by atoms with E-state index in [0.717, 1.165) is 0 Å². The number of rotatable bonds is 0. The topological polar surface area (TPSA) is 188 Å². The van der Waals surface area contributed by atoms with Crippen molar-refractivity contribution in [2.75, 3.05) is 0 Å². The first-order chi connectivity index (χ1) is 3.46. The third-order valence-electron chi connectivity index (χ3n) is 0. The van der Waals surface area contributed by atoms with Gasteiger partial charge in [-0.25, -0.2) is 4.79 Å². The zero-order valence-corrected chi connectivity index (χ0v) is 9.10. The van der Waals surface area contributed by atoms with Gasteiger partial charge >= 0.3 is 57.5 Å². The molecule has 0 amide bonds. The van der Waals surface area contributed by atoms with E-state index in [-0.39, 0.29) is 63.7 Å². The molecule has 0 aromatic heterocycles. The summed E-state index contributed by atoms with van der Waals surface area (Å²) >= 11 is 0. The summed E-state index contributed by atoms with van der Waals surface area (Å²) in [6.07, 6.45) is -3.92. The van der Waals surface area contributed by atoms with E-state index in [1.54, 1.807) is 0 Å². The van der Waals surface area contributed by atoms with Crippen LogP contribution in [0, 0.1) is 0 Å². The van der Waals surface area contributed by atoms with Crippen molar-refractivity contribution < 1.29 is 81.4 Å². The van der Waals surface area contributed by atoms with Gasteiger partial charge in [-0.1, -0.05) is 0 Å². The Morgan fingerprint density at radius 2 is 1.00 bits per heavy atom. The van der Waals surface area contributed by atoms with Crippen LogP contribution < -0.4 is 68.8 Å². The smallest absolute Gasteiger partial charge is 0.565 e. The molecule has 0 aliphatic carbocycles. The van der Waals surface area contributed by atoms with Crippen molar-refractivity contribution >= 4 is 12.3 Å². The molecule has 0 aliphatic rings. The van der Waals surface area contributed by atoms with E-state index in [2.05, 4.69) is 0 Å². The molecular weight excluding hydrogens is 187 g/mol. The standard InChI is InChI=1S/2CH2O3.K.2H3N/c2*2-1(3)4;;;/h2*(H2,2,3,4);;2*1H3/q;;+1;;/p-1. The molecule has 11 heavy (non-hydrogen) atoms. The van der Waals surface area contributed by atoms with Gasteiger partial charge in [0.25, 0.3) is 0 Å². The molecule has 0 spiro atoms. The van der Waals surface area contributed by atoms with Gasteiger partial charge in [-0.15, -0.1) is 0 Å². The van der Waals surface area contributed by atoms with Crippen LogP contribution in [0.1, 0.15) is 0 Å². The SMILES string of the molecule is N.N.O=C(O)O.O=C([O-])O.[K+]. The molecule has 0 atom stereocenters. The predicted molar refractivity (Wildman–Crippen MR) is 28.7 cm³/mol. The molecule has 64 valence electrons. The summed E-state index contributed by atoms with van der Waals surface area (Å²) in [7, 11) is 0. The minimum atomic E-state index is -2.08. The van der Waals surface area contributed by atoms with Gasteiger partial charge in [-0.05, 0) is 0 Å². The first-order valence-corrected chi connectivity index (χ1v) is 1.28. The monoisotopic (exact) mass is 196 g/mol. The van der Waals surface area contributed by atoms with E-state index in [1.807, 2.05) is 0 Å². The molecule has 0 radical (unpaired) electrons. The van der Waals surface area contributed by atoms with Crippen LogP contribution in [0.3, 0.4) is 0 Å². The summed E-state index contributed by atoms with van der Waals surface area (Å²) in [4.78, 5) is 17.0. The maximum absolute atomic E-state index is 8.56. The summed E-state index contributed by atoms with van der Waals surface area (Å²) in [6.45, 7) is 0. The van der Waals surface area contributed by atoms with Crippen molar-refractivity contribution in [3.05, 3.63) is 0 Å². The Morgan fingerprint density at radius 3 is 1.00 bits per heavy atom. The van der Waals surface area contributed by atoms with Crippen LogP contribution in [0.2, 0.25) is 0 Å². The molecule has 0 rings (SSSR count). The fourth-order valence-corrected chi connectivity index (χ4v) is 0. The van der Waals surface area contributed by atoms with Crippen LogP contribution in [-0.2, 0) is 0 Å². The maximum atomic E-state index is 8.56. The van der Waals surface area contributed by atoms with E-state index in [0.29, 0.717) is 0 Å². The summed E-state index contributed by atoms with van der Waals surface area (Å²) in [6, 6.07) is 0. The Hall–Kier alpha value is 0.0964. The van der Waals surface area contributed by atoms with E-state index >= 15 is 0 Å². The Kier molecular flexibility index (Phi) is 62.2. The number of carboxylic acid groups (broad SMARTS) is 4. The number of hydrogen-bond acceptors (Lipinski definition) is 5. The van der Waals surface area contributed by atoms with E-state index in [1.165, 1.54) is 0 Å². The first-order valence-electron chi connectivity index (χ1n) is 1.28. The maximum Gasteiger partial charge on any atom is 1.00 e. The average molecular weight is 196 g/mol. The zero-order chi connectivity index (χ0) is 7.15. The van der Waals surface area contributed by atoms with Crippen LogP contribution in [-0.4, -0.2) is 27.6 Å². The van der Waals surface area contributed by atoms with Gasteiger partial charge in [-0.2, -0.15) is 0 Å². The largest absolute Gasteiger partial charge is 1.00 e. The minimum absolute atomic E-state index is 0. The normalized spacial score (nSPS) is 4.36. The molecule has 0 heterocycles. The van der Waals surface area contributed by atoms with Crippen LogP contribution >= 0.6 is 0 Å². The van der Waals surface area contributed by atoms with Crippen molar-refractivity contribution in [2.45, 2.75) is 0 Å². The molecule has 0 saturated heterocycles. The third-order valence-corrected chi connectivity index (χ3v) is 0. The second-order valence-corrected chi connectivity index (χ2v) is 0.548. The van der Waals surface area contributed by atoms with Crippen LogP contribution in [0.15, 0.2) is 0 Å². The fourth-order valence-electron chi connectivity index (χ4n) is 0. The van der Waals surface area contributed by atoms with Crippen molar-refractivity contribution in [1.29, 1.82) is 0 Å². The molecule has 0 aromatic carbocycles. The molecule has 0 aromatic rings. The van der Waals surface area contributed by atoms with Crippen molar-refractivity contribution in [2.24, 2.45) is 0 Å². The Bertz CT molecular complexity index is 76.6. The van der Waals surface area contributed by atoms with Crippen molar-refractivity contribution in [3.63, 3.8) is 0 Å². The Morgan fingerprint density at radius 1 is 1.00 bits per heavy atom.